The second kappa shape index (κ2) is 1.73. The quantitative estimate of drug-likeness (QED) is 0.506. The Labute approximate surface area is 50.7 Å². The molecule has 0 saturated heterocycles. The van der Waals surface area contributed by atoms with E-state index < -0.39 is 0 Å². The Morgan fingerprint density at radius 1 is 1.50 bits per heavy atom. The smallest absolute Gasteiger partial charge is 0.0545 e. The first-order valence-corrected chi connectivity index (χ1v) is 3.28. The largest absolute Gasteiger partial charge is 0.393 e. The van der Waals surface area contributed by atoms with Gasteiger partial charge in [-0.1, -0.05) is 13.8 Å². The molecule has 0 aromatic heterocycles. The molecule has 1 aliphatic carbocycles. The van der Waals surface area contributed by atoms with Crippen molar-refractivity contribution < 1.29 is 5.11 Å². The molecule has 1 aliphatic rings. The third-order valence-electron chi connectivity index (χ3n) is 1.94. The third kappa shape index (κ3) is 1.22. The van der Waals surface area contributed by atoms with E-state index in [0.717, 1.165) is 12.8 Å². The number of hydrogen-bond acceptors (Lipinski definition) is 1. The molecule has 48 valence electrons. The van der Waals surface area contributed by atoms with Crippen LogP contribution in [0.3, 0.4) is 0 Å². The summed E-state index contributed by atoms with van der Waals surface area (Å²) < 4.78 is 0. The molecule has 0 heterocycles. The van der Waals surface area contributed by atoms with Crippen LogP contribution in [0, 0.1) is 5.41 Å². The highest BCUT2D eigenvalue weighted by molar-refractivity contribution is 4.81. The molecule has 1 rings (SSSR count). The van der Waals surface area contributed by atoms with E-state index in [4.69, 9.17) is 5.11 Å². The monoisotopic (exact) mass is 114 g/mol. The van der Waals surface area contributed by atoms with Gasteiger partial charge in [-0.2, -0.15) is 0 Å². The molecule has 1 heteroatoms. The van der Waals surface area contributed by atoms with Crippen LogP contribution in [0.15, 0.2) is 0 Å². The van der Waals surface area contributed by atoms with Gasteiger partial charge < -0.3 is 5.11 Å². The maximum Gasteiger partial charge on any atom is 0.0545 e. The van der Waals surface area contributed by atoms with Crippen molar-refractivity contribution in [3.05, 3.63) is 0 Å². The molecule has 0 aromatic carbocycles. The zero-order valence-corrected chi connectivity index (χ0v) is 5.65. The average molecular weight is 114 g/mol. The summed E-state index contributed by atoms with van der Waals surface area (Å²) >= 11 is 0. The molecule has 0 aromatic rings. The molecule has 0 amide bonds. The van der Waals surface area contributed by atoms with Gasteiger partial charge in [-0.25, -0.2) is 0 Å². The second-order valence-corrected chi connectivity index (χ2v) is 3.56. The molecule has 1 fully saturated rings. The van der Waals surface area contributed by atoms with E-state index in [1.54, 1.807) is 0 Å². The molecule has 1 saturated carbocycles. The van der Waals surface area contributed by atoms with Crippen LogP contribution in [0.25, 0.3) is 0 Å². The maximum atomic E-state index is 9.06. The van der Waals surface area contributed by atoms with Crippen molar-refractivity contribution >= 4 is 0 Å². The highest BCUT2D eigenvalue weighted by Crippen LogP contribution is 2.36. The number of aliphatic hydroxyl groups excluding tert-OH is 1. The van der Waals surface area contributed by atoms with E-state index in [9.17, 15) is 0 Å². The fraction of sp³-hybridized carbons (Fsp3) is 1.00. The van der Waals surface area contributed by atoms with Crippen molar-refractivity contribution in [2.45, 2.75) is 39.2 Å². The first kappa shape index (κ1) is 6.09. The number of rotatable bonds is 0. The van der Waals surface area contributed by atoms with Crippen LogP contribution in [0.4, 0.5) is 0 Å². The minimum atomic E-state index is -0.00926. The lowest BCUT2D eigenvalue weighted by atomic mass is 9.92. The molecule has 0 radical (unpaired) electrons. The lowest BCUT2D eigenvalue weighted by molar-refractivity contribution is 0.168. The zero-order valence-electron chi connectivity index (χ0n) is 5.65. The van der Waals surface area contributed by atoms with Crippen molar-refractivity contribution in [3.63, 3.8) is 0 Å². The molecule has 1 nitrogen and oxygen atoms in total. The van der Waals surface area contributed by atoms with Gasteiger partial charge in [0.25, 0.3) is 0 Å². The van der Waals surface area contributed by atoms with Crippen molar-refractivity contribution in [3.8, 4) is 0 Å². The van der Waals surface area contributed by atoms with Crippen molar-refractivity contribution in [1.29, 1.82) is 0 Å². The highest BCUT2D eigenvalue weighted by Gasteiger charge is 2.28. The van der Waals surface area contributed by atoms with Gasteiger partial charge >= 0.3 is 0 Å². The molecule has 1 atom stereocenters. The van der Waals surface area contributed by atoms with Gasteiger partial charge in [0, 0.05) is 0 Å². The summed E-state index contributed by atoms with van der Waals surface area (Å²) in [4.78, 5) is 0. The van der Waals surface area contributed by atoms with Crippen LogP contribution in [0.1, 0.15) is 33.1 Å². The number of hydrogen-bond donors (Lipinski definition) is 1. The topological polar surface area (TPSA) is 20.2 Å². The third-order valence-corrected chi connectivity index (χ3v) is 1.94. The van der Waals surface area contributed by atoms with E-state index in [1.165, 1.54) is 6.42 Å². The van der Waals surface area contributed by atoms with E-state index >= 15 is 0 Å². The van der Waals surface area contributed by atoms with Gasteiger partial charge in [0.05, 0.1) is 6.10 Å². The van der Waals surface area contributed by atoms with E-state index in [2.05, 4.69) is 13.8 Å². The molecule has 0 unspecified atom stereocenters. The predicted octanol–water partition coefficient (Wildman–Crippen LogP) is 1.56. The van der Waals surface area contributed by atoms with Crippen LogP contribution >= 0.6 is 0 Å². The van der Waals surface area contributed by atoms with Gasteiger partial charge in [-0.3, -0.25) is 0 Å². The molecule has 0 aliphatic heterocycles. The van der Waals surface area contributed by atoms with Crippen LogP contribution in [0.5, 0.6) is 0 Å². The fourth-order valence-corrected chi connectivity index (χ4v) is 1.40. The van der Waals surface area contributed by atoms with Gasteiger partial charge in [-0.15, -0.1) is 0 Å². The van der Waals surface area contributed by atoms with Gasteiger partial charge in [0.15, 0.2) is 0 Å². The SMILES string of the molecule is CC1(C)CC[C@H](O)C1. The molecule has 8 heavy (non-hydrogen) atoms. The molecule has 1 N–H and O–H groups in total. The predicted molar refractivity (Wildman–Crippen MR) is 33.6 cm³/mol. The van der Waals surface area contributed by atoms with Gasteiger partial charge in [0.1, 0.15) is 0 Å². The Kier molecular flexibility index (Phi) is 1.31. The van der Waals surface area contributed by atoms with Gasteiger partial charge in [0.2, 0.25) is 0 Å². The number of aliphatic hydroxyl groups is 1. The van der Waals surface area contributed by atoms with Crippen LogP contribution in [-0.4, -0.2) is 11.2 Å². The molecule has 0 bridgehead atoms. The lowest BCUT2D eigenvalue weighted by Gasteiger charge is -2.14. The Bertz CT molecular complexity index is 86.4. The van der Waals surface area contributed by atoms with Crippen LogP contribution in [0.2, 0.25) is 0 Å². The Balaban J connectivity index is 2.44. The van der Waals surface area contributed by atoms with Crippen LogP contribution in [-0.2, 0) is 0 Å². The Morgan fingerprint density at radius 2 is 2.12 bits per heavy atom. The standard InChI is InChI=1S/C7H14O/c1-7(2)4-3-6(8)5-7/h6,8H,3-5H2,1-2H3/t6-/m0/s1. The van der Waals surface area contributed by atoms with E-state index in [1.807, 2.05) is 0 Å². The lowest BCUT2D eigenvalue weighted by Crippen LogP contribution is -2.06. The summed E-state index contributed by atoms with van der Waals surface area (Å²) in [5.41, 5.74) is 0.416. The second-order valence-electron chi connectivity index (χ2n) is 3.56. The van der Waals surface area contributed by atoms with Crippen molar-refractivity contribution in [1.82, 2.24) is 0 Å². The minimum absolute atomic E-state index is 0.00926. The minimum Gasteiger partial charge on any atom is -0.393 e. The zero-order chi connectivity index (χ0) is 6.20. The summed E-state index contributed by atoms with van der Waals surface area (Å²) in [5, 5.41) is 9.06. The summed E-state index contributed by atoms with van der Waals surface area (Å²) in [6.07, 6.45) is 3.18. The summed E-state index contributed by atoms with van der Waals surface area (Å²) in [6.45, 7) is 4.42. The molecular formula is C7H14O. The van der Waals surface area contributed by atoms with E-state index in [-0.39, 0.29) is 6.10 Å². The Hall–Kier alpha value is -0.0400. The Morgan fingerprint density at radius 3 is 2.25 bits per heavy atom. The molecular weight excluding hydrogens is 100 g/mol. The normalized spacial score (nSPS) is 35.6. The first-order valence-electron chi connectivity index (χ1n) is 3.28. The van der Waals surface area contributed by atoms with Crippen molar-refractivity contribution in [2.24, 2.45) is 5.41 Å². The van der Waals surface area contributed by atoms with Gasteiger partial charge in [-0.05, 0) is 24.7 Å². The summed E-state index contributed by atoms with van der Waals surface area (Å²) in [6, 6.07) is 0. The average Bonchev–Trinajstić information content (AvgIpc) is 1.82. The van der Waals surface area contributed by atoms with E-state index in [0.29, 0.717) is 5.41 Å². The molecule has 0 spiro atoms. The maximum absolute atomic E-state index is 9.06. The first-order chi connectivity index (χ1) is 3.60. The summed E-state index contributed by atoms with van der Waals surface area (Å²) in [5.74, 6) is 0. The van der Waals surface area contributed by atoms with Crippen LogP contribution < -0.4 is 0 Å². The van der Waals surface area contributed by atoms with Crippen molar-refractivity contribution in [2.75, 3.05) is 0 Å². The fourth-order valence-electron chi connectivity index (χ4n) is 1.40. The highest BCUT2D eigenvalue weighted by atomic mass is 16.3. The summed E-state index contributed by atoms with van der Waals surface area (Å²) in [7, 11) is 0.